The van der Waals surface area contributed by atoms with Crippen LogP contribution in [0.2, 0.25) is 0 Å². The molecule has 0 radical (unpaired) electrons. The summed E-state index contributed by atoms with van der Waals surface area (Å²) >= 11 is 0. The zero-order valence-corrected chi connectivity index (χ0v) is 19.4. The molecule has 8 nitrogen and oxygen atoms in total. The third-order valence-corrected chi connectivity index (χ3v) is 6.68. The largest absolute Gasteiger partial charge is 0.411 e. The van der Waals surface area contributed by atoms with E-state index in [9.17, 15) is 18.3 Å². The van der Waals surface area contributed by atoms with E-state index < -0.39 is 22.2 Å². The highest BCUT2D eigenvalue weighted by molar-refractivity contribution is 7.89. The van der Waals surface area contributed by atoms with Gasteiger partial charge in [-0.3, -0.25) is 4.79 Å². The molecule has 0 aromatic heterocycles. The second kappa shape index (κ2) is 11.8. The molecule has 174 valence electrons. The van der Waals surface area contributed by atoms with Crippen LogP contribution in [-0.2, 0) is 21.2 Å². The van der Waals surface area contributed by atoms with E-state index in [1.165, 1.54) is 41.7 Å². The number of nitrogens with zero attached hydrogens (tertiary/aromatic N) is 2. The van der Waals surface area contributed by atoms with Crippen LogP contribution >= 0.6 is 0 Å². The highest BCUT2D eigenvalue weighted by Gasteiger charge is 2.31. The molecule has 0 aliphatic carbocycles. The van der Waals surface area contributed by atoms with Gasteiger partial charge in [-0.05, 0) is 35.6 Å². The van der Waals surface area contributed by atoms with E-state index in [0.29, 0.717) is 12.0 Å². The second-order valence-corrected chi connectivity index (χ2v) is 10.0. The van der Waals surface area contributed by atoms with Gasteiger partial charge in [0.2, 0.25) is 15.9 Å². The minimum absolute atomic E-state index is 0.0195. The first-order valence-corrected chi connectivity index (χ1v) is 11.8. The van der Waals surface area contributed by atoms with Crippen molar-refractivity contribution in [1.82, 2.24) is 9.62 Å². The number of aliphatic hydroxyl groups excluding tert-OH is 1. The normalized spacial score (nSPS) is 14.1. The molecule has 0 unspecified atom stereocenters. The smallest absolute Gasteiger partial charge is 0.243 e. The number of carbonyl (C=O) groups excluding carboxylic acids is 1. The number of oxime groups is 1. The van der Waals surface area contributed by atoms with Crippen LogP contribution < -0.4 is 5.32 Å². The lowest BCUT2D eigenvalue weighted by Crippen LogP contribution is -2.50. The Morgan fingerprint density at radius 2 is 1.72 bits per heavy atom. The Kier molecular flexibility index (Phi) is 9.37. The highest BCUT2D eigenvalue weighted by atomic mass is 32.2. The Labute approximate surface area is 189 Å². The van der Waals surface area contributed by atoms with E-state index >= 15 is 0 Å². The first kappa shape index (κ1) is 25.5. The zero-order valence-electron chi connectivity index (χ0n) is 18.5. The van der Waals surface area contributed by atoms with Crippen molar-refractivity contribution in [3.63, 3.8) is 0 Å². The zero-order chi connectivity index (χ0) is 23.7. The summed E-state index contributed by atoms with van der Waals surface area (Å²) in [5.74, 6) is -0.282. The van der Waals surface area contributed by atoms with Gasteiger partial charge in [-0.25, -0.2) is 8.42 Å². The van der Waals surface area contributed by atoms with Crippen molar-refractivity contribution in [3.05, 3.63) is 65.7 Å². The molecule has 2 rings (SSSR count). The Bertz CT molecular complexity index is 992. The molecule has 32 heavy (non-hydrogen) atoms. The van der Waals surface area contributed by atoms with Gasteiger partial charge in [0.05, 0.1) is 23.3 Å². The number of benzene rings is 2. The third kappa shape index (κ3) is 7.44. The maximum Gasteiger partial charge on any atom is 0.243 e. The number of hydrogen-bond acceptors (Lipinski definition) is 6. The molecule has 0 aliphatic heterocycles. The molecule has 2 atom stereocenters. The number of rotatable bonds is 11. The third-order valence-electron chi connectivity index (χ3n) is 4.84. The van der Waals surface area contributed by atoms with Gasteiger partial charge in [0.1, 0.15) is 0 Å². The standard InChI is InChI=1S/C23H31N3O5S/c1-17(2)15-26(32(30,31)21-11-9-20(10-12-21)14-24-29)16-23(28)22(25-18(3)27)13-19-7-5-4-6-8-19/h4-12,14,17,22-23,28-29H,13,15-16H2,1-3H3,(H,25,27)/t22-,23-/m0/s1. The van der Waals surface area contributed by atoms with Crippen molar-refractivity contribution in [2.45, 2.75) is 44.2 Å². The van der Waals surface area contributed by atoms with Gasteiger partial charge >= 0.3 is 0 Å². The number of nitrogens with one attached hydrogen (secondary N) is 1. The van der Waals surface area contributed by atoms with E-state index in [2.05, 4.69) is 10.5 Å². The molecule has 0 fully saturated rings. The van der Waals surface area contributed by atoms with E-state index in [1.54, 1.807) is 0 Å². The monoisotopic (exact) mass is 461 g/mol. The molecular weight excluding hydrogens is 430 g/mol. The molecule has 9 heteroatoms. The lowest BCUT2D eigenvalue weighted by atomic mass is 10.0. The minimum Gasteiger partial charge on any atom is -0.411 e. The quantitative estimate of drug-likeness (QED) is 0.269. The van der Waals surface area contributed by atoms with Crippen LogP contribution in [0.25, 0.3) is 0 Å². The Morgan fingerprint density at radius 3 is 2.25 bits per heavy atom. The number of sulfonamides is 1. The molecule has 0 heterocycles. The molecule has 0 saturated carbocycles. The van der Waals surface area contributed by atoms with Crippen molar-refractivity contribution in [2.24, 2.45) is 11.1 Å². The van der Waals surface area contributed by atoms with E-state index in [-0.39, 0.29) is 29.8 Å². The van der Waals surface area contributed by atoms with Crippen LogP contribution in [0.4, 0.5) is 0 Å². The summed E-state index contributed by atoms with van der Waals surface area (Å²) in [4.78, 5) is 11.8. The van der Waals surface area contributed by atoms with Crippen molar-refractivity contribution in [1.29, 1.82) is 0 Å². The van der Waals surface area contributed by atoms with Crippen molar-refractivity contribution >= 4 is 22.1 Å². The molecule has 1 amide bonds. The second-order valence-electron chi connectivity index (χ2n) is 8.09. The van der Waals surface area contributed by atoms with Crippen LogP contribution in [0.15, 0.2) is 64.6 Å². The first-order chi connectivity index (χ1) is 15.1. The molecule has 3 N–H and O–H groups in total. The van der Waals surface area contributed by atoms with E-state index in [4.69, 9.17) is 5.21 Å². The Hall–Kier alpha value is -2.75. The molecule has 2 aromatic carbocycles. The lowest BCUT2D eigenvalue weighted by molar-refractivity contribution is -0.120. The predicted octanol–water partition coefficient (Wildman–Crippen LogP) is 2.25. The van der Waals surface area contributed by atoms with E-state index in [0.717, 1.165) is 5.56 Å². The van der Waals surface area contributed by atoms with Crippen LogP contribution in [0, 0.1) is 5.92 Å². The molecule has 0 aliphatic rings. The van der Waals surface area contributed by atoms with E-state index in [1.807, 2.05) is 44.2 Å². The lowest BCUT2D eigenvalue weighted by Gasteiger charge is -2.30. The summed E-state index contributed by atoms with van der Waals surface area (Å²) in [6.07, 6.45) is 0.452. The number of amides is 1. The summed E-state index contributed by atoms with van der Waals surface area (Å²) in [6, 6.07) is 14.7. The SMILES string of the molecule is CC(=O)N[C@@H](Cc1ccccc1)[C@@H](O)CN(CC(C)C)S(=O)(=O)c1ccc(C=NO)cc1. The summed E-state index contributed by atoms with van der Waals surface area (Å²) in [6.45, 7) is 5.19. The van der Waals surface area contributed by atoms with Crippen molar-refractivity contribution in [2.75, 3.05) is 13.1 Å². The number of hydrogen-bond donors (Lipinski definition) is 3. The van der Waals surface area contributed by atoms with Gasteiger partial charge in [-0.1, -0.05) is 61.5 Å². The first-order valence-electron chi connectivity index (χ1n) is 10.4. The molecule has 0 spiro atoms. The average Bonchev–Trinajstić information content (AvgIpc) is 2.73. The summed E-state index contributed by atoms with van der Waals surface area (Å²) in [5.41, 5.74) is 1.47. The highest BCUT2D eigenvalue weighted by Crippen LogP contribution is 2.19. The fraction of sp³-hybridized carbons (Fsp3) is 0.391. The topological polar surface area (TPSA) is 119 Å². The molecule has 0 saturated heterocycles. The Balaban J connectivity index is 2.28. The summed E-state index contributed by atoms with van der Waals surface area (Å²) in [7, 11) is -3.90. The van der Waals surface area contributed by atoms with Crippen molar-refractivity contribution < 1.29 is 23.5 Å². The number of carbonyl (C=O) groups is 1. The van der Waals surface area contributed by atoms with Crippen LogP contribution in [0.5, 0.6) is 0 Å². The van der Waals surface area contributed by atoms with Crippen molar-refractivity contribution in [3.8, 4) is 0 Å². The fourth-order valence-electron chi connectivity index (χ4n) is 3.37. The predicted molar refractivity (Wildman–Crippen MR) is 123 cm³/mol. The van der Waals surface area contributed by atoms with Gasteiger partial charge < -0.3 is 15.6 Å². The maximum absolute atomic E-state index is 13.3. The van der Waals surface area contributed by atoms with Crippen LogP contribution in [-0.4, -0.2) is 60.4 Å². The van der Waals surface area contributed by atoms with Gasteiger partial charge in [0.15, 0.2) is 0 Å². The molecule has 0 bridgehead atoms. The molecule has 2 aromatic rings. The van der Waals surface area contributed by atoms with Gasteiger partial charge in [0, 0.05) is 20.0 Å². The summed E-state index contributed by atoms with van der Waals surface area (Å²) < 4.78 is 27.9. The average molecular weight is 462 g/mol. The summed E-state index contributed by atoms with van der Waals surface area (Å²) in [5, 5.41) is 25.3. The minimum atomic E-state index is -3.90. The number of aliphatic hydroxyl groups is 1. The molecular formula is C23H31N3O5S. The maximum atomic E-state index is 13.3. The van der Waals surface area contributed by atoms with Gasteiger partial charge in [0.25, 0.3) is 0 Å². The van der Waals surface area contributed by atoms with Crippen LogP contribution in [0.1, 0.15) is 31.9 Å². The van der Waals surface area contributed by atoms with Gasteiger partial charge in [-0.15, -0.1) is 0 Å². The fourth-order valence-corrected chi connectivity index (χ4v) is 4.99. The Morgan fingerprint density at radius 1 is 1.09 bits per heavy atom. The van der Waals surface area contributed by atoms with Crippen LogP contribution in [0.3, 0.4) is 0 Å². The van der Waals surface area contributed by atoms with Gasteiger partial charge in [-0.2, -0.15) is 4.31 Å².